The average Bonchev–Trinajstić information content (AvgIpc) is 3.14. The molecule has 0 fully saturated rings. The van der Waals surface area contributed by atoms with Gasteiger partial charge >= 0.3 is 0 Å². The lowest BCUT2D eigenvalue weighted by molar-refractivity contribution is 0.0693. The van der Waals surface area contributed by atoms with E-state index in [1.165, 1.54) is 29.9 Å². The SMILES string of the molecule is Cc1cc(NS(=O)(=O)c2ccc3c(c2)C(=O)N(C)C3=O)n(-c2cccc(Cl)c2)n1. The first-order valence-electron chi connectivity index (χ1n) is 8.49. The predicted molar refractivity (Wildman–Crippen MR) is 107 cm³/mol. The van der Waals surface area contributed by atoms with Gasteiger partial charge in [-0.3, -0.25) is 19.2 Å². The standard InChI is InChI=1S/C19H15ClN4O4S/c1-11-8-17(24(21-11)13-5-3-4-12(20)9-13)22-29(27,28)14-6-7-15-16(10-14)19(26)23(2)18(15)25/h3-10,22H,1-2H3. The normalized spacial score (nSPS) is 13.7. The van der Waals surface area contributed by atoms with Gasteiger partial charge in [0.2, 0.25) is 0 Å². The molecule has 8 nitrogen and oxygen atoms in total. The lowest BCUT2D eigenvalue weighted by Gasteiger charge is -2.11. The minimum absolute atomic E-state index is 0.0555. The summed E-state index contributed by atoms with van der Waals surface area (Å²) in [6, 6.07) is 12.2. The minimum atomic E-state index is -4.05. The van der Waals surface area contributed by atoms with Crippen LogP contribution in [0.1, 0.15) is 26.4 Å². The Balaban J connectivity index is 1.73. The molecule has 0 radical (unpaired) electrons. The number of nitrogens with one attached hydrogen (secondary N) is 1. The van der Waals surface area contributed by atoms with Crippen molar-refractivity contribution in [1.82, 2.24) is 14.7 Å². The van der Waals surface area contributed by atoms with Gasteiger partial charge in [-0.05, 0) is 43.3 Å². The van der Waals surface area contributed by atoms with E-state index in [1.807, 2.05) is 0 Å². The van der Waals surface area contributed by atoms with Gasteiger partial charge in [0.15, 0.2) is 0 Å². The molecule has 148 valence electrons. The number of hydrogen-bond acceptors (Lipinski definition) is 5. The van der Waals surface area contributed by atoms with Gasteiger partial charge in [0.25, 0.3) is 21.8 Å². The number of rotatable bonds is 4. The maximum atomic E-state index is 12.9. The summed E-state index contributed by atoms with van der Waals surface area (Å²) in [5, 5.41) is 4.80. The van der Waals surface area contributed by atoms with Crippen LogP contribution < -0.4 is 4.72 Å². The molecule has 4 rings (SSSR count). The first kappa shape index (κ1) is 19.2. The van der Waals surface area contributed by atoms with Gasteiger partial charge in [0.05, 0.1) is 27.4 Å². The highest BCUT2D eigenvalue weighted by Crippen LogP contribution is 2.27. The number of nitrogens with zero attached hydrogens (tertiary/aromatic N) is 3. The quantitative estimate of drug-likeness (QED) is 0.641. The highest BCUT2D eigenvalue weighted by Gasteiger charge is 2.34. The van der Waals surface area contributed by atoms with Crippen LogP contribution in [-0.2, 0) is 10.0 Å². The molecule has 1 N–H and O–H groups in total. The van der Waals surface area contributed by atoms with Gasteiger partial charge in [0, 0.05) is 18.1 Å². The number of amides is 2. The van der Waals surface area contributed by atoms with E-state index in [0.29, 0.717) is 16.4 Å². The first-order valence-corrected chi connectivity index (χ1v) is 10.4. The lowest BCUT2D eigenvalue weighted by Crippen LogP contribution is -2.24. The fraction of sp³-hybridized carbons (Fsp3) is 0.105. The zero-order chi connectivity index (χ0) is 20.9. The van der Waals surface area contributed by atoms with E-state index in [-0.39, 0.29) is 21.8 Å². The molecule has 2 heterocycles. The Morgan fingerprint density at radius 2 is 1.72 bits per heavy atom. The molecule has 0 aliphatic carbocycles. The summed E-state index contributed by atoms with van der Waals surface area (Å²) < 4.78 is 29.8. The Hall–Kier alpha value is -3.17. The molecule has 0 bridgehead atoms. The van der Waals surface area contributed by atoms with Crippen molar-refractivity contribution in [3.8, 4) is 5.69 Å². The van der Waals surface area contributed by atoms with Crippen molar-refractivity contribution in [2.45, 2.75) is 11.8 Å². The number of hydrogen-bond donors (Lipinski definition) is 1. The van der Waals surface area contributed by atoms with Crippen LogP contribution in [0.2, 0.25) is 5.02 Å². The van der Waals surface area contributed by atoms with Crippen molar-refractivity contribution in [1.29, 1.82) is 0 Å². The van der Waals surface area contributed by atoms with E-state index in [4.69, 9.17) is 11.6 Å². The van der Waals surface area contributed by atoms with E-state index >= 15 is 0 Å². The van der Waals surface area contributed by atoms with Gasteiger partial charge in [-0.25, -0.2) is 13.1 Å². The second kappa shape index (κ2) is 6.71. The molecule has 0 spiro atoms. The van der Waals surface area contributed by atoms with Crippen molar-refractivity contribution in [2.75, 3.05) is 11.8 Å². The average molecular weight is 431 g/mol. The summed E-state index contributed by atoms with van der Waals surface area (Å²) in [6.07, 6.45) is 0. The molecule has 0 saturated heterocycles. The van der Waals surface area contributed by atoms with Crippen LogP contribution in [0.5, 0.6) is 0 Å². The second-order valence-electron chi connectivity index (χ2n) is 6.54. The molecule has 2 amide bonds. The van der Waals surface area contributed by atoms with Gasteiger partial charge in [0.1, 0.15) is 5.82 Å². The summed E-state index contributed by atoms with van der Waals surface area (Å²) in [5.74, 6) is -0.789. The number of fused-ring (bicyclic) bond motifs is 1. The second-order valence-corrected chi connectivity index (χ2v) is 8.66. The van der Waals surface area contributed by atoms with E-state index < -0.39 is 21.8 Å². The largest absolute Gasteiger partial charge is 0.277 e. The summed E-state index contributed by atoms with van der Waals surface area (Å²) >= 11 is 6.03. The number of sulfonamides is 1. The number of aryl methyl sites for hydroxylation is 1. The van der Waals surface area contributed by atoms with Crippen LogP contribution in [0.3, 0.4) is 0 Å². The fourth-order valence-corrected chi connectivity index (χ4v) is 4.32. The first-order chi connectivity index (χ1) is 13.7. The maximum Gasteiger partial charge on any atom is 0.263 e. The number of halogens is 1. The Morgan fingerprint density at radius 3 is 2.45 bits per heavy atom. The number of anilines is 1. The Morgan fingerprint density at radius 1 is 1.00 bits per heavy atom. The Kier molecular flexibility index (Phi) is 4.44. The molecule has 1 aliphatic heterocycles. The summed E-state index contributed by atoms with van der Waals surface area (Å²) in [7, 11) is -2.70. The maximum absolute atomic E-state index is 12.9. The molecule has 0 unspecified atom stereocenters. The third-order valence-electron chi connectivity index (χ3n) is 4.49. The van der Waals surface area contributed by atoms with Crippen molar-refractivity contribution in [3.63, 3.8) is 0 Å². The Bertz CT molecular complexity index is 1280. The molecule has 2 aromatic carbocycles. The van der Waals surface area contributed by atoms with E-state index in [1.54, 1.807) is 37.3 Å². The highest BCUT2D eigenvalue weighted by molar-refractivity contribution is 7.92. The van der Waals surface area contributed by atoms with Gasteiger partial charge in [-0.2, -0.15) is 5.10 Å². The zero-order valence-corrected chi connectivity index (χ0v) is 17.0. The fourth-order valence-electron chi connectivity index (χ4n) is 3.08. The Labute approximate surface area is 171 Å². The number of carbonyl (C=O) groups excluding carboxylic acids is 2. The highest BCUT2D eigenvalue weighted by atomic mass is 35.5. The topological polar surface area (TPSA) is 101 Å². The van der Waals surface area contributed by atoms with Crippen LogP contribution in [0.15, 0.2) is 53.4 Å². The van der Waals surface area contributed by atoms with Gasteiger partial charge in [-0.1, -0.05) is 17.7 Å². The minimum Gasteiger partial charge on any atom is -0.277 e. The van der Waals surface area contributed by atoms with E-state index in [2.05, 4.69) is 9.82 Å². The molecule has 10 heteroatoms. The summed E-state index contributed by atoms with van der Waals surface area (Å²) in [4.78, 5) is 25.0. The predicted octanol–water partition coefficient (Wildman–Crippen LogP) is 2.86. The van der Waals surface area contributed by atoms with Gasteiger partial charge < -0.3 is 0 Å². The third-order valence-corrected chi connectivity index (χ3v) is 6.08. The lowest BCUT2D eigenvalue weighted by atomic mass is 10.1. The van der Waals surface area contributed by atoms with Crippen LogP contribution in [0, 0.1) is 6.92 Å². The van der Waals surface area contributed by atoms with Crippen molar-refractivity contribution < 1.29 is 18.0 Å². The van der Waals surface area contributed by atoms with Crippen LogP contribution in [0.25, 0.3) is 5.69 Å². The molecule has 29 heavy (non-hydrogen) atoms. The van der Waals surface area contributed by atoms with Crippen LogP contribution >= 0.6 is 11.6 Å². The zero-order valence-electron chi connectivity index (χ0n) is 15.4. The number of aromatic nitrogens is 2. The molecule has 1 aromatic heterocycles. The third kappa shape index (κ3) is 3.28. The van der Waals surface area contributed by atoms with Gasteiger partial charge in [-0.15, -0.1) is 0 Å². The van der Waals surface area contributed by atoms with Crippen molar-refractivity contribution >= 4 is 39.3 Å². The molecular formula is C19H15ClN4O4S. The molecule has 0 saturated carbocycles. The molecule has 1 aliphatic rings. The van der Waals surface area contributed by atoms with Crippen molar-refractivity contribution in [3.05, 3.63) is 70.4 Å². The smallest absolute Gasteiger partial charge is 0.263 e. The molecule has 0 atom stereocenters. The van der Waals surface area contributed by atoms with E-state index in [9.17, 15) is 18.0 Å². The van der Waals surface area contributed by atoms with Crippen LogP contribution in [-0.4, -0.2) is 42.0 Å². The summed E-state index contributed by atoms with van der Waals surface area (Å²) in [6.45, 7) is 1.73. The number of imide groups is 1. The van der Waals surface area contributed by atoms with E-state index in [0.717, 1.165) is 4.90 Å². The monoisotopic (exact) mass is 430 g/mol. The van der Waals surface area contributed by atoms with Crippen molar-refractivity contribution in [2.24, 2.45) is 0 Å². The van der Waals surface area contributed by atoms with Crippen LogP contribution in [0.4, 0.5) is 5.82 Å². The summed E-state index contributed by atoms with van der Waals surface area (Å²) in [5.41, 5.74) is 1.41. The molecular weight excluding hydrogens is 416 g/mol. The molecule has 3 aromatic rings. The number of benzene rings is 2. The number of carbonyl (C=O) groups is 2.